The van der Waals surface area contributed by atoms with Gasteiger partial charge in [-0.3, -0.25) is 9.69 Å². The molecule has 0 unspecified atom stereocenters. The largest absolute Gasteiger partial charge is 0.490 e. The zero-order chi connectivity index (χ0) is 16.2. The first-order valence-corrected chi connectivity index (χ1v) is 8.86. The maximum Gasteiger partial charge on any atom is 0.308 e. The molecule has 1 saturated heterocycles. The van der Waals surface area contributed by atoms with Crippen molar-refractivity contribution in [3.05, 3.63) is 29.8 Å². The fraction of sp³-hybridized carbons (Fsp3) is 0.632. The minimum absolute atomic E-state index is 0.0839. The van der Waals surface area contributed by atoms with Crippen molar-refractivity contribution in [2.24, 2.45) is 5.92 Å². The lowest BCUT2D eigenvalue weighted by atomic mass is 9.90. The van der Waals surface area contributed by atoms with E-state index in [0.717, 1.165) is 44.5 Å². The van der Waals surface area contributed by atoms with Crippen LogP contribution in [-0.2, 0) is 11.3 Å². The molecule has 4 heteroatoms. The van der Waals surface area contributed by atoms with Crippen LogP contribution in [0.4, 0.5) is 0 Å². The first-order valence-electron chi connectivity index (χ1n) is 8.86. The van der Waals surface area contributed by atoms with Gasteiger partial charge in [0.2, 0.25) is 0 Å². The molecule has 2 atom stereocenters. The van der Waals surface area contributed by atoms with Crippen LogP contribution in [0.5, 0.6) is 5.75 Å². The molecule has 0 spiro atoms. The molecule has 0 bridgehead atoms. The Bertz CT molecular complexity index is 539. The van der Waals surface area contributed by atoms with Crippen molar-refractivity contribution in [3.8, 4) is 5.75 Å². The second kappa shape index (κ2) is 7.35. The number of carbonyl (C=O) groups is 1. The van der Waals surface area contributed by atoms with Crippen molar-refractivity contribution >= 4 is 5.97 Å². The maximum absolute atomic E-state index is 11.4. The van der Waals surface area contributed by atoms with Gasteiger partial charge in [0.05, 0.1) is 12.0 Å². The molecule has 0 aromatic heterocycles. The Morgan fingerprint density at radius 3 is 2.78 bits per heavy atom. The summed E-state index contributed by atoms with van der Waals surface area (Å²) in [5.41, 5.74) is 1.21. The van der Waals surface area contributed by atoms with Gasteiger partial charge in [-0.1, -0.05) is 12.1 Å². The van der Waals surface area contributed by atoms with Crippen molar-refractivity contribution in [1.29, 1.82) is 0 Å². The molecule has 2 aliphatic rings. The lowest BCUT2D eigenvalue weighted by molar-refractivity contribution is -0.145. The van der Waals surface area contributed by atoms with Gasteiger partial charge in [0, 0.05) is 12.6 Å². The number of hydrogen-bond donors (Lipinski definition) is 1. The number of ether oxygens (including phenoxy) is 1. The van der Waals surface area contributed by atoms with Gasteiger partial charge in [-0.15, -0.1) is 0 Å². The molecule has 1 aliphatic heterocycles. The van der Waals surface area contributed by atoms with Crippen LogP contribution in [0.1, 0.15) is 51.0 Å². The summed E-state index contributed by atoms with van der Waals surface area (Å²) in [4.78, 5) is 13.7. The third-order valence-corrected chi connectivity index (χ3v) is 5.32. The molecule has 23 heavy (non-hydrogen) atoms. The minimum atomic E-state index is -0.666. The van der Waals surface area contributed by atoms with Crippen LogP contribution in [0.2, 0.25) is 0 Å². The molecule has 2 fully saturated rings. The van der Waals surface area contributed by atoms with Gasteiger partial charge < -0.3 is 9.84 Å². The van der Waals surface area contributed by atoms with E-state index >= 15 is 0 Å². The van der Waals surface area contributed by atoms with Crippen molar-refractivity contribution in [3.63, 3.8) is 0 Å². The van der Waals surface area contributed by atoms with E-state index < -0.39 is 5.97 Å². The van der Waals surface area contributed by atoms with Crippen LogP contribution < -0.4 is 4.74 Å². The molecule has 1 N–H and O–H groups in total. The van der Waals surface area contributed by atoms with Gasteiger partial charge in [0.15, 0.2) is 0 Å². The zero-order valence-corrected chi connectivity index (χ0v) is 13.9. The van der Waals surface area contributed by atoms with Crippen LogP contribution in [0, 0.1) is 5.92 Å². The van der Waals surface area contributed by atoms with E-state index in [0.29, 0.717) is 6.10 Å². The molecule has 3 rings (SSSR count). The summed E-state index contributed by atoms with van der Waals surface area (Å²) < 4.78 is 6.08. The van der Waals surface area contributed by atoms with E-state index in [4.69, 9.17) is 4.74 Å². The normalized spacial score (nSPS) is 26.3. The third kappa shape index (κ3) is 4.05. The summed E-state index contributed by atoms with van der Waals surface area (Å²) in [7, 11) is 0. The molecule has 1 saturated carbocycles. The molecule has 126 valence electrons. The van der Waals surface area contributed by atoms with Crippen LogP contribution in [0.25, 0.3) is 0 Å². The van der Waals surface area contributed by atoms with Crippen LogP contribution in [-0.4, -0.2) is 34.7 Å². The first-order chi connectivity index (χ1) is 11.1. The van der Waals surface area contributed by atoms with E-state index in [2.05, 4.69) is 17.0 Å². The summed E-state index contributed by atoms with van der Waals surface area (Å²) in [6, 6.07) is 8.39. The van der Waals surface area contributed by atoms with Gasteiger partial charge in [-0.25, -0.2) is 0 Å². The van der Waals surface area contributed by atoms with Crippen LogP contribution in [0.3, 0.4) is 0 Å². The summed E-state index contributed by atoms with van der Waals surface area (Å²) >= 11 is 0. The number of likely N-dealkylation sites (tertiary alicyclic amines) is 1. The molecule has 4 nitrogen and oxygen atoms in total. The topological polar surface area (TPSA) is 49.8 Å². The Labute approximate surface area is 138 Å². The number of rotatable bonds is 5. The number of hydrogen-bond acceptors (Lipinski definition) is 3. The predicted octanol–water partition coefficient (Wildman–Crippen LogP) is 3.69. The van der Waals surface area contributed by atoms with Crippen molar-refractivity contribution in [2.45, 2.75) is 64.1 Å². The van der Waals surface area contributed by atoms with Gasteiger partial charge in [-0.2, -0.15) is 0 Å². The lowest BCUT2D eigenvalue weighted by Crippen LogP contribution is -2.45. The van der Waals surface area contributed by atoms with Crippen molar-refractivity contribution < 1.29 is 14.6 Å². The Kier molecular flexibility index (Phi) is 5.21. The second-order valence-corrected chi connectivity index (χ2v) is 6.97. The Balaban J connectivity index is 1.63. The molecular weight excluding hydrogens is 290 g/mol. The maximum atomic E-state index is 11.4. The summed E-state index contributed by atoms with van der Waals surface area (Å²) in [6.45, 7) is 3.81. The third-order valence-electron chi connectivity index (χ3n) is 5.32. The first kappa shape index (κ1) is 16.3. The summed E-state index contributed by atoms with van der Waals surface area (Å²) in [5, 5.41) is 9.35. The lowest BCUT2D eigenvalue weighted by Gasteiger charge is -2.37. The Hall–Kier alpha value is -1.55. The fourth-order valence-corrected chi connectivity index (χ4v) is 3.92. The highest BCUT2D eigenvalue weighted by atomic mass is 16.5. The van der Waals surface area contributed by atoms with Gasteiger partial charge >= 0.3 is 5.97 Å². The highest BCUT2D eigenvalue weighted by Crippen LogP contribution is 2.28. The van der Waals surface area contributed by atoms with Gasteiger partial charge in [0.1, 0.15) is 5.75 Å². The number of aliphatic carboxylic acids is 1. The fourth-order valence-electron chi connectivity index (χ4n) is 3.92. The number of nitrogens with zero attached hydrogens (tertiary/aromatic N) is 1. The second-order valence-electron chi connectivity index (χ2n) is 6.97. The highest BCUT2D eigenvalue weighted by Gasteiger charge is 2.32. The zero-order valence-electron chi connectivity index (χ0n) is 13.9. The molecule has 0 radical (unpaired) electrons. The molecule has 1 heterocycles. The highest BCUT2D eigenvalue weighted by molar-refractivity contribution is 5.71. The Morgan fingerprint density at radius 2 is 2.04 bits per heavy atom. The smallest absolute Gasteiger partial charge is 0.308 e. The van der Waals surface area contributed by atoms with Gasteiger partial charge in [-0.05, 0) is 69.7 Å². The summed E-state index contributed by atoms with van der Waals surface area (Å²) in [6.07, 6.45) is 6.98. The van der Waals surface area contributed by atoms with Gasteiger partial charge in [0.25, 0.3) is 0 Å². The van der Waals surface area contributed by atoms with E-state index in [1.807, 2.05) is 19.1 Å². The number of piperidine rings is 1. The molecule has 1 aliphatic carbocycles. The number of carboxylic acid groups (broad SMARTS) is 1. The Morgan fingerprint density at radius 1 is 1.26 bits per heavy atom. The average molecular weight is 317 g/mol. The number of benzene rings is 1. The van der Waals surface area contributed by atoms with E-state index in [1.54, 1.807) is 0 Å². The van der Waals surface area contributed by atoms with Crippen LogP contribution in [0.15, 0.2) is 24.3 Å². The van der Waals surface area contributed by atoms with Crippen molar-refractivity contribution in [2.75, 3.05) is 6.54 Å². The molecule has 1 aromatic carbocycles. The van der Waals surface area contributed by atoms with E-state index in [1.165, 1.54) is 18.4 Å². The summed E-state index contributed by atoms with van der Waals surface area (Å²) in [5.74, 6) is 0.0380. The minimum Gasteiger partial charge on any atom is -0.490 e. The van der Waals surface area contributed by atoms with E-state index in [-0.39, 0.29) is 12.0 Å². The SMILES string of the molecule is C[C@@H]1[C@H](C(=O)O)CCCN1Cc1cccc(OC2CCCC2)c1. The van der Waals surface area contributed by atoms with Crippen molar-refractivity contribution in [1.82, 2.24) is 4.90 Å². The predicted molar refractivity (Wildman–Crippen MR) is 89.6 cm³/mol. The number of carboxylic acids is 1. The monoisotopic (exact) mass is 317 g/mol. The molecule has 0 amide bonds. The standard InChI is InChI=1S/C19H27NO3/c1-14-18(19(21)22)10-5-11-20(14)13-15-6-4-9-17(12-15)23-16-7-2-3-8-16/h4,6,9,12,14,16,18H,2-3,5,7-8,10-11,13H2,1H3,(H,21,22)/t14-,18-/m1/s1. The average Bonchev–Trinajstić information content (AvgIpc) is 3.02. The van der Waals surface area contributed by atoms with E-state index in [9.17, 15) is 9.90 Å². The molecular formula is C19H27NO3. The molecule has 1 aromatic rings. The van der Waals surface area contributed by atoms with Crippen LogP contribution >= 0.6 is 0 Å². The quantitative estimate of drug-likeness (QED) is 0.900.